The van der Waals surface area contributed by atoms with E-state index in [1.54, 1.807) is 11.3 Å². The van der Waals surface area contributed by atoms with Gasteiger partial charge in [-0.25, -0.2) is 0 Å². The van der Waals surface area contributed by atoms with Gasteiger partial charge < -0.3 is 5.32 Å². The fourth-order valence-corrected chi connectivity index (χ4v) is 3.50. The van der Waals surface area contributed by atoms with E-state index in [0.29, 0.717) is 5.92 Å². The molecular formula is C14H21NOS. The molecule has 1 aromatic heterocycles. The van der Waals surface area contributed by atoms with Gasteiger partial charge >= 0.3 is 0 Å². The second-order valence-corrected chi connectivity index (χ2v) is 6.47. The van der Waals surface area contributed by atoms with Gasteiger partial charge in [-0.1, -0.05) is 20.8 Å². The molecule has 0 fully saturated rings. The molecule has 1 amide bonds. The molecule has 2 nitrogen and oxygen atoms in total. The van der Waals surface area contributed by atoms with Crippen LogP contribution in [-0.4, -0.2) is 12.5 Å². The summed E-state index contributed by atoms with van der Waals surface area (Å²) in [6.07, 6.45) is 3.44. The van der Waals surface area contributed by atoms with Crippen LogP contribution in [0.2, 0.25) is 0 Å². The zero-order valence-electron chi connectivity index (χ0n) is 10.9. The number of rotatable bonds is 3. The molecule has 1 N–H and O–H groups in total. The summed E-state index contributed by atoms with van der Waals surface area (Å²) >= 11 is 1.76. The number of carbonyl (C=O) groups excluding carboxylic acids is 1. The summed E-state index contributed by atoms with van der Waals surface area (Å²) in [6.45, 7) is 7.29. The Morgan fingerprint density at radius 3 is 3.06 bits per heavy atom. The van der Waals surface area contributed by atoms with Gasteiger partial charge in [0.1, 0.15) is 0 Å². The van der Waals surface area contributed by atoms with Crippen molar-refractivity contribution in [3.63, 3.8) is 0 Å². The second-order valence-electron chi connectivity index (χ2n) is 5.50. The number of thiophene rings is 1. The normalized spacial score (nSPS) is 19.2. The zero-order chi connectivity index (χ0) is 12.4. The Morgan fingerprint density at radius 1 is 1.59 bits per heavy atom. The van der Waals surface area contributed by atoms with Crippen molar-refractivity contribution in [3.8, 4) is 0 Å². The van der Waals surface area contributed by atoms with E-state index in [0.717, 1.165) is 30.9 Å². The first-order valence-electron chi connectivity index (χ1n) is 6.45. The molecule has 1 aliphatic rings. The molecule has 1 heterocycles. The van der Waals surface area contributed by atoms with E-state index < -0.39 is 0 Å². The average Bonchev–Trinajstić information content (AvgIpc) is 2.68. The highest BCUT2D eigenvalue weighted by Gasteiger charge is 2.22. The Morgan fingerprint density at radius 2 is 2.35 bits per heavy atom. The van der Waals surface area contributed by atoms with Crippen molar-refractivity contribution in [2.75, 3.05) is 6.54 Å². The number of hydrogen-bond acceptors (Lipinski definition) is 2. The lowest BCUT2D eigenvalue weighted by Crippen LogP contribution is -2.28. The smallest absolute Gasteiger partial charge is 0.252 e. The van der Waals surface area contributed by atoms with Gasteiger partial charge in [-0.3, -0.25) is 4.79 Å². The highest BCUT2D eigenvalue weighted by atomic mass is 32.1. The Bertz CT molecular complexity index is 408. The van der Waals surface area contributed by atoms with Gasteiger partial charge in [-0.05, 0) is 36.7 Å². The van der Waals surface area contributed by atoms with E-state index in [4.69, 9.17) is 0 Å². The summed E-state index contributed by atoms with van der Waals surface area (Å²) < 4.78 is 0. The molecule has 2 rings (SSSR count). The Balaban J connectivity index is 2.09. The van der Waals surface area contributed by atoms with Crippen LogP contribution in [-0.2, 0) is 12.8 Å². The Labute approximate surface area is 107 Å². The van der Waals surface area contributed by atoms with E-state index in [1.165, 1.54) is 16.9 Å². The van der Waals surface area contributed by atoms with Crippen LogP contribution in [0, 0.1) is 11.8 Å². The fourth-order valence-electron chi connectivity index (χ4n) is 2.26. The van der Waals surface area contributed by atoms with Gasteiger partial charge in [-0.15, -0.1) is 11.3 Å². The standard InChI is InChI=1S/C14H21NOS/c1-9(2)7-15-14(16)12-8-17-13-6-10(3)4-5-11(12)13/h8-10H,4-7H2,1-3H3,(H,15,16)/t10-/m1/s1. The van der Waals surface area contributed by atoms with E-state index in [-0.39, 0.29) is 5.91 Å². The highest BCUT2D eigenvalue weighted by Crippen LogP contribution is 2.32. The summed E-state index contributed by atoms with van der Waals surface area (Å²) in [7, 11) is 0. The molecule has 0 aromatic carbocycles. The molecule has 0 saturated heterocycles. The Hall–Kier alpha value is -0.830. The number of carbonyl (C=O) groups is 1. The first-order chi connectivity index (χ1) is 8.08. The van der Waals surface area contributed by atoms with Crippen LogP contribution < -0.4 is 5.32 Å². The molecular weight excluding hydrogens is 230 g/mol. The molecule has 0 unspecified atom stereocenters. The fraction of sp³-hybridized carbons (Fsp3) is 0.643. The molecule has 0 saturated carbocycles. The number of nitrogens with one attached hydrogen (secondary N) is 1. The van der Waals surface area contributed by atoms with Gasteiger partial charge in [0.25, 0.3) is 5.91 Å². The molecule has 3 heteroatoms. The van der Waals surface area contributed by atoms with Gasteiger partial charge in [-0.2, -0.15) is 0 Å². The molecule has 1 aromatic rings. The lowest BCUT2D eigenvalue weighted by molar-refractivity contribution is 0.0948. The van der Waals surface area contributed by atoms with Crippen LogP contribution in [0.3, 0.4) is 0 Å². The predicted molar refractivity (Wildman–Crippen MR) is 72.7 cm³/mol. The van der Waals surface area contributed by atoms with Crippen LogP contribution in [0.15, 0.2) is 5.38 Å². The zero-order valence-corrected chi connectivity index (χ0v) is 11.7. The minimum Gasteiger partial charge on any atom is -0.352 e. The summed E-state index contributed by atoms with van der Waals surface area (Å²) in [5.74, 6) is 1.40. The largest absolute Gasteiger partial charge is 0.352 e. The van der Waals surface area contributed by atoms with Crippen LogP contribution in [0.4, 0.5) is 0 Å². The van der Waals surface area contributed by atoms with Crippen molar-refractivity contribution < 1.29 is 4.79 Å². The van der Waals surface area contributed by atoms with Gasteiger partial charge in [0.05, 0.1) is 5.56 Å². The summed E-state index contributed by atoms with van der Waals surface area (Å²) in [5.41, 5.74) is 2.24. The second kappa shape index (κ2) is 5.21. The molecule has 1 aliphatic carbocycles. The van der Waals surface area contributed by atoms with E-state index in [9.17, 15) is 4.79 Å². The average molecular weight is 251 g/mol. The third-order valence-corrected chi connectivity index (χ3v) is 4.37. The van der Waals surface area contributed by atoms with E-state index >= 15 is 0 Å². The van der Waals surface area contributed by atoms with Crippen molar-refractivity contribution in [3.05, 3.63) is 21.4 Å². The number of amides is 1. The third-order valence-electron chi connectivity index (χ3n) is 3.32. The van der Waals surface area contributed by atoms with Crippen LogP contribution >= 0.6 is 11.3 Å². The molecule has 0 aliphatic heterocycles. The van der Waals surface area contributed by atoms with Gasteiger partial charge in [0, 0.05) is 16.8 Å². The quantitative estimate of drug-likeness (QED) is 0.877. The van der Waals surface area contributed by atoms with Crippen molar-refractivity contribution in [1.29, 1.82) is 0 Å². The maximum atomic E-state index is 12.1. The van der Waals surface area contributed by atoms with Gasteiger partial charge in [0.15, 0.2) is 0 Å². The molecule has 1 atom stereocenters. The molecule has 0 bridgehead atoms. The Kier molecular flexibility index (Phi) is 3.87. The minimum atomic E-state index is 0.116. The van der Waals surface area contributed by atoms with E-state index in [2.05, 4.69) is 26.1 Å². The predicted octanol–water partition coefficient (Wildman–Crippen LogP) is 3.26. The molecule has 0 radical (unpaired) electrons. The van der Waals surface area contributed by atoms with Crippen LogP contribution in [0.25, 0.3) is 0 Å². The minimum absolute atomic E-state index is 0.116. The number of fused-ring (bicyclic) bond motifs is 1. The lowest BCUT2D eigenvalue weighted by atomic mass is 9.88. The topological polar surface area (TPSA) is 29.1 Å². The maximum Gasteiger partial charge on any atom is 0.252 e. The van der Waals surface area contributed by atoms with Crippen molar-refractivity contribution in [2.24, 2.45) is 11.8 Å². The third kappa shape index (κ3) is 2.89. The van der Waals surface area contributed by atoms with Gasteiger partial charge in [0.2, 0.25) is 0 Å². The monoisotopic (exact) mass is 251 g/mol. The summed E-state index contributed by atoms with van der Waals surface area (Å²) in [6, 6.07) is 0. The SMILES string of the molecule is CC(C)CNC(=O)c1csc2c1CC[C@@H](C)C2. The maximum absolute atomic E-state index is 12.1. The first kappa shape index (κ1) is 12.6. The van der Waals surface area contributed by atoms with Crippen molar-refractivity contribution in [1.82, 2.24) is 5.32 Å². The van der Waals surface area contributed by atoms with E-state index in [1.807, 2.05) is 5.38 Å². The van der Waals surface area contributed by atoms with Crippen LogP contribution in [0.5, 0.6) is 0 Å². The summed E-state index contributed by atoms with van der Waals surface area (Å²) in [5, 5.41) is 5.05. The molecule has 94 valence electrons. The first-order valence-corrected chi connectivity index (χ1v) is 7.33. The van der Waals surface area contributed by atoms with Crippen LogP contribution in [0.1, 0.15) is 48.0 Å². The van der Waals surface area contributed by atoms with Crippen molar-refractivity contribution in [2.45, 2.75) is 40.0 Å². The number of hydrogen-bond donors (Lipinski definition) is 1. The van der Waals surface area contributed by atoms with Crippen molar-refractivity contribution >= 4 is 17.2 Å². The lowest BCUT2D eigenvalue weighted by Gasteiger charge is -2.19. The summed E-state index contributed by atoms with van der Waals surface area (Å²) in [4.78, 5) is 13.5. The highest BCUT2D eigenvalue weighted by molar-refractivity contribution is 7.10. The molecule has 17 heavy (non-hydrogen) atoms. The molecule has 0 spiro atoms.